The second-order valence-corrected chi connectivity index (χ2v) is 10.7. The number of anilines is 1. The number of halogens is 1. The Kier molecular flexibility index (Phi) is 6.59. The lowest BCUT2D eigenvalue weighted by molar-refractivity contribution is 0.0554. The number of hydrogen-bond acceptors (Lipinski definition) is 8. The highest BCUT2D eigenvalue weighted by Crippen LogP contribution is 2.43. The second-order valence-electron chi connectivity index (χ2n) is 7.96. The van der Waals surface area contributed by atoms with Crippen LogP contribution in [0.1, 0.15) is 43.1 Å². The molecule has 1 unspecified atom stereocenters. The normalized spacial score (nSPS) is 14.8. The number of esters is 1. The summed E-state index contributed by atoms with van der Waals surface area (Å²) >= 11 is 6.04. The molecule has 0 aliphatic carbocycles. The summed E-state index contributed by atoms with van der Waals surface area (Å²) in [7, 11) is 0. The summed E-state index contributed by atoms with van der Waals surface area (Å²) in [4.78, 5) is 47.3. The fourth-order valence-corrected chi connectivity index (χ4v) is 5.88. The summed E-state index contributed by atoms with van der Waals surface area (Å²) in [6.45, 7) is 5.29. The van der Waals surface area contributed by atoms with Crippen LogP contribution in [0.5, 0.6) is 0 Å². The summed E-state index contributed by atoms with van der Waals surface area (Å²) in [6, 6.07) is 12.0. The first-order valence-electron chi connectivity index (χ1n) is 10.8. The van der Waals surface area contributed by atoms with Crippen molar-refractivity contribution in [2.24, 2.45) is 0 Å². The van der Waals surface area contributed by atoms with Gasteiger partial charge in [0.2, 0.25) is 5.76 Å². The van der Waals surface area contributed by atoms with Gasteiger partial charge < -0.3 is 9.15 Å². The maximum atomic E-state index is 13.7. The number of nitrogens with zero attached hydrogens (tertiary/aromatic N) is 2. The number of hydrogen-bond donors (Lipinski definition) is 0. The van der Waals surface area contributed by atoms with E-state index in [2.05, 4.69) is 27.5 Å². The van der Waals surface area contributed by atoms with Gasteiger partial charge in [-0.15, -0.1) is 11.8 Å². The maximum absolute atomic E-state index is 13.7. The summed E-state index contributed by atoms with van der Waals surface area (Å²) in [5, 5.41) is 0.644. The SMILES string of the molecule is C=CCOC(=O)c1sc(N2C(=O)c3oc4ccc(Br)cc4c(=O)c3C2c2ccc(SC)cc2)nc1C. The van der Waals surface area contributed by atoms with E-state index in [0.29, 0.717) is 16.7 Å². The van der Waals surface area contributed by atoms with E-state index < -0.39 is 17.9 Å². The molecule has 1 aliphatic heterocycles. The molecule has 3 heterocycles. The molecule has 2 aromatic carbocycles. The van der Waals surface area contributed by atoms with Crippen molar-refractivity contribution in [1.82, 2.24) is 4.98 Å². The number of aryl methyl sites for hydroxylation is 1. The quantitative estimate of drug-likeness (QED) is 0.153. The highest BCUT2D eigenvalue weighted by atomic mass is 79.9. The molecule has 1 atom stereocenters. The van der Waals surface area contributed by atoms with E-state index in [-0.39, 0.29) is 33.4 Å². The van der Waals surface area contributed by atoms with Crippen LogP contribution in [0.4, 0.5) is 5.13 Å². The summed E-state index contributed by atoms with van der Waals surface area (Å²) < 4.78 is 11.9. The van der Waals surface area contributed by atoms with Crippen molar-refractivity contribution < 1.29 is 18.7 Å². The molecule has 0 fully saturated rings. The van der Waals surface area contributed by atoms with Gasteiger partial charge in [0.25, 0.3) is 5.91 Å². The van der Waals surface area contributed by atoms with E-state index in [9.17, 15) is 14.4 Å². The Bertz CT molecular complexity index is 1590. The van der Waals surface area contributed by atoms with Crippen LogP contribution in [0, 0.1) is 6.92 Å². The van der Waals surface area contributed by atoms with Crippen molar-refractivity contribution in [2.45, 2.75) is 17.9 Å². The van der Waals surface area contributed by atoms with Gasteiger partial charge in [0, 0.05) is 9.37 Å². The third-order valence-corrected chi connectivity index (χ3v) is 8.15. The predicted octanol–water partition coefficient (Wildman–Crippen LogP) is 6.13. The molecule has 5 rings (SSSR count). The molecule has 0 saturated carbocycles. The van der Waals surface area contributed by atoms with Gasteiger partial charge in [-0.1, -0.05) is 52.1 Å². The smallest absolute Gasteiger partial charge is 0.350 e. The molecule has 0 radical (unpaired) electrons. The molecule has 0 N–H and O–H groups in total. The second kappa shape index (κ2) is 9.68. The minimum Gasteiger partial charge on any atom is -0.457 e. The molecule has 2 aromatic heterocycles. The van der Waals surface area contributed by atoms with Crippen molar-refractivity contribution in [3.05, 3.63) is 97.3 Å². The number of fused-ring (bicyclic) bond motifs is 2. The van der Waals surface area contributed by atoms with E-state index in [1.807, 2.05) is 30.5 Å². The van der Waals surface area contributed by atoms with Gasteiger partial charge in [0.05, 0.1) is 22.7 Å². The van der Waals surface area contributed by atoms with Gasteiger partial charge in [-0.3, -0.25) is 14.5 Å². The molecule has 7 nitrogen and oxygen atoms in total. The van der Waals surface area contributed by atoms with E-state index in [4.69, 9.17) is 9.15 Å². The largest absolute Gasteiger partial charge is 0.457 e. The van der Waals surface area contributed by atoms with E-state index in [0.717, 1.165) is 26.3 Å². The van der Waals surface area contributed by atoms with Crippen molar-refractivity contribution in [1.29, 1.82) is 0 Å². The number of benzene rings is 2. The minimum atomic E-state index is -0.773. The lowest BCUT2D eigenvalue weighted by Gasteiger charge is -2.22. The molecule has 1 amide bonds. The van der Waals surface area contributed by atoms with E-state index in [1.165, 1.54) is 11.0 Å². The predicted molar refractivity (Wildman–Crippen MR) is 144 cm³/mol. The number of amides is 1. The molecular formula is C26H19BrN2O5S2. The van der Waals surface area contributed by atoms with Gasteiger partial charge in [-0.2, -0.15) is 0 Å². The first-order valence-corrected chi connectivity index (χ1v) is 13.7. The average Bonchev–Trinajstić information content (AvgIpc) is 3.40. The molecule has 0 bridgehead atoms. The van der Waals surface area contributed by atoms with Crippen molar-refractivity contribution >= 4 is 67.0 Å². The molecule has 1 aliphatic rings. The summed E-state index contributed by atoms with van der Waals surface area (Å²) in [5.74, 6) is -1.08. The maximum Gasteiger partial charge on any atom is 0.350 e. The fraction of sp³-hybridized carbons (Fsp3) is 0.154. The Labute approximate surface area is 222 Å². The highest BCUT2D eigenvalue weighted by molar-refractivity contribution is 9.10. The number of ether oxygens (including phenoxy) is 1. The first-order chi connectivity index (χ1) is 17.3. The van der Waals surface area contributed by atoms with Gasteiger partial charge in [-0.05, 0) is 49.1 Å². The molecule has 0 saturated heterocycles. The molecule has 4 aromatic rings. The Morgan fingerprint density at radius 2 is 2.03 bits per heavy atom. The van der Waals surface area contributed by atoms with Gasteiger partial charge >= 0.3 is 5.97 Å². The highest BCUT2D eigenvalue weighted by Gasteiger charge is 2.45. The van der Waals surface area contributed by atoms with Crippen LogP contribution in [0.15, 0.2) is 73.7 Å². The number of aromatic nitrogens is 1. The molecular weight excluding hydrogens is 564 g/mol. The Morgan fingerprint density at radius 3 is 2.72 bits per heavy atom. The number of thioether (sulfide) groups is 1. The average molecular weight is 583 g/mol. The van der Waals surface area contributed by atoms with Crippen molar-refractivity contribution in [2.75, 3.05) is 17.8 Å². The van der Waals surface area contributed by atoms with E-state index in [1.54, 1.807) is 36.9 Å². The third kappa shape index (κ3) is 4.08. The zero-order valence-electron chi connectivity index (χ0n) is 19.2. The minimum absolute atomic E-state index is 0.0302. The van der Waals surface area contributed by atoms with Crippen molar-refractivity contribution in [3.8, 4) is 0 Å². The van der Waals surface area contributed by atoms with E-state index >= 15 is 0 Å². The van der Waals surface area contributed by atoms with Crippen LogP contribution in [-0.2, 0) is 4.74 Å². The molecule has 10 heteroatoms. The van der Waals surface area contributed by atoms with Crippen LogP contribution < -0.4 is 10.3 Å². The van der Waals surface area contributed by atoms with Crippen LogP contribution in [-0.4, -0.2) is 29.7 Å². The van der Waals surface area contributed by atoms with Gasteiger partial charge in [0.15, 0.2) is 10.6 Å². The Balaban J connectivity index is 1.71. The standard InChI is InChI=1S/C26H19BrN2O5S2/c1-4-11-33-25(32)23-13(2)28-26(36-23)29-20(14-5-8-16(35-3)9-6-14)19-21(30)17-12-15(27)7-10-18(17)34-22(19)24(29)31/h4-10,12,20H,1,11H2,2-3H3. The number of rotatable bonds is 6. The summed E-state index contributed by atoms with van der Waals surface area (Å²) in [5.41, 5.74) is 1.42. The zero-order valence-corrected chi connectivity index (χ0v) is 22.5. The third-order valence-electron chi connectivity index (χ3n) is 5.77. The zero-order chi connectivity index (χ0) is 25.6. The Morgan fingerprint density at radius 1 is 1.28 bits per heavy atom. The van der Waals surface area contributed by atoms with Crippen molar-refractivity contribution in [3.63, 3.8) is 0 Å². The number of carbonyl (C=O) groups excluding carboxylic acids is 2. The monoisotopic (exact) mass is 582 g/mol. The first kappa shape index (κ1) is 24.5. The topological polar surface area (TPSA) is 89.7 Å². The van der Waals surface area contributed by atoms with Crippen LogP contribution in [0.2, 0.25) is 0 Å². The Hall–Kier alpha value is -3.21. The molecule has 182 valence electrons. The van der Waals surface area contributed by atoms with Crippen LogP contribution in [0.25, 0.3) is 11.0 Å². The van der Waals surface area contributed by atoms with Crippen LogP contribution in [0.3, 0.4) is 0 Å². The van der Waals surface area contributed by atoms with Gasteiger partial charge in [0.1, 0.15) is 17.1 Å². The number of carbonyl (C=O) groups is 2. The molecule has 0 spiro atoms. The fourth-order valence-electron chi connectivity index (χ4n) is 4.12. The lowest BCUT2D eigenvalue weighted by Crippen LogP contribution is -2.29. The molecule has 36 heavy (non-hydrogen) atoms. The number of thiazole rings is 1. The van der Waals surface area contributed by atoms with Crippen LogP contribution >= 0.6 is 39.0 Å². The lowest BCUT2D eigenvalue weighted by atomic mass is 9.99. The van der Waals surface area contributed by atoms with Gasteiger partial charge in [-0.25, -0.2) is 9.78 Å². The summed E-state index contributed by atoms with van der Waals surface area (Å²) in [6.07, 6.45) is 3.45.